The number of rotatable bonds is 4. The molecule has 1 saturated heterocycles. The fourth-order valence-corrected chi connectivity index (χ4v) is 3.57. The van der Waals surface area contributed by atoms with E-state index in [1.54, 1.807) is 17.0 Å². The smallest absolute Gasteiger partial charge is 0.339 e. The van der Waals surface area contributed by atoms with Crippen molar-refractivity contribution in [1.29, 1.82) is 0 Å². The minimum atomic E-state index is -0.474. The molecule has 1 aromatic heterocycles. The van der Waals surface area contributed by atoms with Crippen LogP contribution in [0.1, 0.15) is 33.7 Å². The van der Waals surface area contributed by atoms with Gasteiger partial charge in [0.1, 0.15) is 18.9 Å². The second-order valence-corrected chi connectivity index (χ2v) is 7.02. The summed E-state index contributed by atoms with van der Waals surface area (Å²) < 4.78 is 15.8. The van der Waals surface area contributed by atoms with E-state index in [4.69, 9.17) is 9.47 Å². The number of fused-ring (bicyclic) bond motifs is 1. The second kappa shape index (κ2) is 8.38. The van der Waals surface area contributed by atoms with Gasteiger partial charge in [-0.05, 0) is 37.1 Å². The molecule has 1 aromatic carbocycles. The summed E-state index contributed by atoms with van der Waals surface area (Å²) in [5.41, 5.74) is 1.58. The molecule has 0 aliphatic carbocycles. The number of hydrogen-bond donors (Lipinski definition) is 1. The van der Waals surface area contributed by atoms with Crippen molar-refractivity contribution in [3.63, 3.8) is 0 Å². The van der Waals surface area contributed by atoms with Crippen LogP contribution < -0.4 is 14.8 Å². The lowest BCUT2D eigenvalue weighted by atomic mass is 10.0. The summed E-state index contributed by atoms with van der Waals surface area (Å²) in [5.74, 6) is 0.872. The molecule has 152 valence electrons. The van der Waals surface area contributed by atoms with Gasteiger partial charge in [0.15, 0.2) is 11.5 Å². The third-order valence-corrected chi connectivity index (χ3v) is 5.03. The van der Waals surface area contributed by atoms with Crippen LogP contribution in [-0.2, 0) is 4.74 Å². The number of hydrogen-bond acceptors (Lipinski definition) is 7. The Hall–Kier alpha value is -3.29. The van der Waals surface area contributed by atoms with E-state index < -0.39 is 5.97 Å². The SMILES string of the molecule is COC(=O)c1ccc(C(=O)N2CCCC(Nc3ccc4c(c3)OCCO4)C2)nc1. The maximum Gasteiger partial charge on any atom is 0.339 e. The number of nitrogens with zero attached hydrogens (tertiary/aromatic N) is 2. The highest BCUT2D eigenvalue weighted by Crippen LogP contribution is 2.33. The second-order valence-electron chi connectivity index (χ2n) is 7.02. The third-order valence-electron chi connectivity index (χ3n) is 5.03. The summed E-state index contributed by atoms with van der Waals surface area (Å²) in [5, 5.41) is 3.49. The molecule has 29 heavy (non-hydrogen) atoms. The Balaban J connectivity index is 1.40. The maximum atomic E-state index is 12.8. The predicted octanol–water partition coefficient (Wildman–Crippen LogP) is 2.36. The lowest BCUT2D eigenvalue weighted by Gasteiger charge is -2.33. The van der Waals surface area contributed by atoms with Gasteiger partial charge in [-0.3, -0.25) is 9.78 Å². The number of amides is 1. The molecule has 8 nitrogen and oxygen atoms in total. The number of methoxy groups -OCH3 is 1. The number of pyridine rings is 1. The molecule has 1 fully saturated rings. The molecule has 0 saturated carbocycles. The molecule has 1 atom stereocenters. The number of likely N-dealkylation sites (tertiary alicyclic amines) is 1. The lowest BCUT2D eigenvalue weighted by molar-refractivity contribution is 0.0598. The summed E-state index contributed by atoms with van der Waals surface area (Å²) in [7, 11) is 1.31. The van der Waals surface area contributed by atoms with E-state index in [0.29, 0.717) is 37.6 Å². The maximum absolute atomic E-state index is 12.8. The molecular formula is C21H23N3O5. The van der Waals surface area contributed by atoms with E-state index >= 15 is 0 Å². The van der Waals surface area contributed by atoms with E-state index in [2.05, 4.69) is 15.0 Å². The summed E-state index contributed by atoms with van der Waals surface area (Å²) >= 11 is 0. The molecule has 1 unspecified atom stereocenters. The first kappa shape index (κ1) is 19.0. The van der Waals surface area contributed by atoms with Crippen molar-refractivity contribution in [3.05, 3.63) is 47.8 Å². The van der Waals surface area contributed by atoms with Gasteiger partial charge >= 0.3 is 5.97 Å². The Morgan fingerprint density at radius 2 is 2.00 bits per heavy atom. The highest BCUT2D eigenvalue weighted by atomic mass is 16.6. The van der Waals surface area contributed by atoms with Crippen LogP contribution in [0.15, 0.2) is 36.5 Å². The van der Waals surface area contributed by atoms with E-state index in [-0.39, 0.29) is 11.9 Å². The summed E-state index contributed by atoms with van der Waals surface area (Å²) in [6.07, 6.45) is 3.23. The van der Waals surface area contributed by atoms with Crippen LogP contribution in [0.25, 0.3) is 0 Å². The van der Waals surface area contributed by atoms with Crippen molar-refractivity contribution in [2.75, 3.05) is 38.7 Å². The fraction of sp³-hybridized carbons (Fsp3) is 0.381. The highest BCUT2D eigenvalue weighted by molar-refractivity contribution is 5.94. The van der Waals surface area contributed by atoms with E-state index in [0.717, 1.165) is 30.0 Å². The van der Waals surface area contributed by atoms with Crippen LogP contribution in [0.4, 0.5) is 5.69 Å². The molecule has 8 heteroatoms. The number of aromatic nitrogens is 1. The molecule has 2 aliphatic heterocycles. The quantitative estimate of drug-likeness (QED) is 0.792. The van der Waals surface area contributed by atoms with Gasteiger partial charge in [-0.15, -0.1) is 0 Å². The predicted molar refractivity (Wildman–Crippen MR) is 106 cm³/mol. The van der Waals surface area contributed by atoms with Crippen molar-refractivity contribution in [1.82, 2.24) is 9.88 Å². The normalized spacial score (nSPS) is 18.1. The number of anilines is 1. The first-order valence-corrected chi connectivity index (χ1v) is 9.64. The standard InChI is InChI=1S/C21H23N3O5/c1-27-21(26)14-4-6-17(22-12-14)20(25)24-8-2-3-16(13-24)23-15-5-7-18-19(11-15)29-10-9-28-18/h4-7,11-12,16,23H,2-3,8-10,13H2,1H3. The largest absolute Gasteiger partial charge is 0.486 e. The van der Waals surface area contributed by atoms with Crippen molar-refractivity contribution >= 4 is 17.6 Å². The number of carbonyl (C=O) groups excluding carboxylic acids is 2. The summed E-state index contributed by atoms with van der Waals surface area (Å²) in [6, 6.07) is 9.04. The molecule has 1 N–H and O–H groups in total. The summed E-state index contributed by atoms with van der Waals surface area (Å²) in [4.78, 5) is 30.3. The van der Waals surface area contributed by atoms with Crippen molar-refractivity contribution in [2.45, 2.75) is 18.9 Å². The van der Waals surface area contributed by atoms with Crippen LogP contribution in [0.5, 0.6) is 11.5 Å². The van der Waals surface area contributed by atoms with Crippen LogP contribution in [0, 0.1) is 0 Å². The topological polar surface area (TPSA) is 90.0 Å². The van der Waals surface area contributed by atoms with Gasteiger partial charge < -0.3 is 24.4 Å². The van der Waals surface area contributed by atoms with Crippen LogP contribution in [-0.4, -0.2) is 61.2 Å². The number of carbonyl (C=O) groups is 2. The Morgan fingerprint density at radius 1 is 1.17 bits per heavy atom. The lowest BCUT2D eigenvalue weighted by Crippen LogP contribution is -2.45. The van der Waals surface area contributed by atoms with E-state index in [1.165, 1.54) is 13.3 Å². The van der Waals surface area contributed by atoms with Crippen molar-refractivity contribution < 1.29 is 23.8 Å². The molecule has 2 aliphatic rings. The van der Waals surface area contributed by atoms with Gasteiger partial charge in [-0.25, -0.2) is 4.79 Å². The Labute approximate surface area is 168 Å². The zero-order valence-corrected chi connectivity index (χ0v) is 16.2. The molecule has 4 rings (SSSR count). The first-order valence-electron chi connectivity index (χ1n) is 9.64. The van der Waals surface area contributed by atoms with Gasteiger partial charge in [-0.1, -0.05) is 0 Å². The minimum absolute atomic E-state index is 0.129. The average Bonchev–Trinajstić information content (AvgIpc) is 2.78. The number of esters is 1. The van der Waals surface area contributed by atoms with Crippen LogP contribution in [0.2, 0.25) is 0 Å². The molecule has 1 amide bonds. The van der Waals surface area contributed by atoms with E-state index in [1.807, 2.05) is 18.2 Å². The monoisotopic (exact) mass is 397 g/mol. The Morgan fingerprint density at radius 3 is 2.76 bits per heavy atom. The zero-order valence-electron chi connectivity index (χ0n) is 16.2. The van der Waals surface area contributed by atoms with E-state index in [9.17, 15) is 9.59 Å². The Kier molecular flexibility index (Phi) is 5.50. The number of benzene rings is 1. The van der Waals surface area contributed by atoms with Gasteiger partial charge in [0, 0.05) is 37.1 Å². The number of nitrogens with one attached hydrogen (secondary N) is 1. The molecular weight excluding hydrogens is 374 g/mol. The Bertz CT molecular complexity index is 900. The number of ether oxygens (including phenoxy) is 3. The third kappa shape index (κ3) is 4.26. The van der Waals surface area contributed by atoms with Gasteiger partial charge in [0.25, 0.3) is 5.91 Å². The fourth-order valence-electron chi connectivity index (χ4n) is 3.57. The summed E-state index contributed by atoms with van der Waals surface area (Å²) in [6.45, 7) is 2.37. The molecule has 3 heterocycles. The van der Waals surface area contributed by atoms with Gasteiger partial charge in [0.2, 0.25) is 0 Å². The van der Waals surface area contributed by atoms with Gasteiger partial charge in [0.05, 0.1) is 12.7 Å². The molecule has 0 radical (unpaired) electrons. The van der Waals surface area contributed by atoms with Crippen LogP contribution in [0.3, 0.4) is 0 Å². The molecule has 0 bridgehead atoms. The zero-order chi connectivity index (χ0) is 20.2. The minimum Gasteiger partial charge on any atom is -0.486 e. The van der Waals surface area contributed by atoms with Crippen LogP contribution >= 0.6 is 0 Å². The number of piperidine rings is 1. The van der Waals surface area contributed by atoms with Gasteiger partial charge in [-0.2, -0.15) is 0 Å². The average molecular weight is 397 g/mol. The first-order chi connectivity index (χ1) is 14.1. The van der Waals surface area contributed by atoms with Crippen molar-refractivity contribution in [3.8, 4) is 11.5 Å². The molecule has 2 aromatic rings. The van der Waals surface area contributed by atoms with Crippen molar-refractivity contribution in [2.24, 2.45) is 0 Å². The highest BCUT2D eigenvalue weighted by Gasteiger charge is 2.26. The molecule has 0 spiro atoms.